The molecular formula is C13H15N2O+. The van der Waals surface area contributed by atoms with E-state index < -0.39 is 0 Å². The van der Waals surface area contributed by atoms with Crippen molar-refractivity contribution in [3.63, 3.8) is 0 Å². The van der Waals surface area contributed by atoms with E-state index in [9.17, 15) is 0 Å². The van der Waals surface area contributed by atoms with Gasteiger partial charge in [-0.25, -0.2) is 4.98 Å². The van der Waals surface area contributed by atoms with Gasteiger partial charge < -0.3 is 4.74 Å². The maximum absolute atomic E-state index is 5.51. The van der Waals surface area contributed by atoms with Crippen LogP contribution in [0.4, 0.5) is 0 Å². The van der Waals surface area contributed by atoms with Crippen LogP contribution in [0.25, 0.3) is 0 Å². The fraction of sp³-hybridized carbons (Fsp3) is 0.231. The Morgan fingerprint density at radius 1 is 1.25 bits per heavy atom. The lowest BCUT2D eigenvalue weighted by Gasteiger charge is -2.03. The fourth-order valence-electron chi connectivity index (χ4n) is 1.55. The first-order valence-electron chi connectivity index (χ1n) is 5.40. The van der Waals surface area contributed by atoms with Crippen molar-refractivity contribution in [1.29, 1.82) is 0 Å². The maximum atomic E-state index is 5.51. The van der Waals surface area contributed by atoms with Crippen LogP contribution in [0.5, 0.6) is 5.88 Å². The minimum absolute atomic E-state index is 0.653. The number of nitrogens with zero attached hydrogens (tertiary/aromatic N) is 2. The second-order valence-corrected chi connectivity index (χ2v) is 3.46. The molecule has 0 saturated carbocycles. The van der Waals surface area contributed by atoms with Gasteiger partial charge in [-0.3, -0.25) is 0 Å². The molecule has 3 nitrogen and oxygen atoms in total. The number of ether oxygens (including phenoxy) is 1. The summed E-state index contributed by atoms with van der Waals surface area (Å²) in [5.74, 6) is 0.800. The van der Waals surface area contributed by atoms with Crippen molar-refractivity contribution in [2.45, 2.75) is 13.5 Å². The summed E-state index contributed by atoms with van der Waals surface area (Å²) in [5, 5.41) is 0. The molecule has 0 aliphatic carbocycles. The van der Waals surface area contributed by atoms with Crippen LogP contribution >= 0.6 is 0 Å². The molecule has 2 rings (SSSR count). The van der Waals surface area contributed by atoms with E-state index >= 15 is 0 Å². The lowest BCUT2D eigenvalue weighted by molar-refractivity contribution is -0.694. The molecule has 0 bridgehead atoms. The molecule has 0 atom stereocenters. The minimum Gasteiger partial charge on any atom is -0.444 e. The van der Waals surface area contributed by atoms with Crippen LogP contribution < -0.4 is 9.30 Å². The lowest BCUT2D eigenvalue weighted by atomic mass is 10.2. The summed E-state index contributed by atoms with van der Waals surface area (Å²) in [6, 6.07) is 10.3. The molecule has 0 spiro atoms. The van der Waals surface area contributed by atoms with E-state index in [4.69, 9.17) is 4.74 Å². The van der Waals surface area contributed by atoms with Gasteiger partial charge in [0.2, 0.25) is 0 Å². The fourth-order valence-corrected chi connectivity index (χ4v) is 1.55. The van der Waals surface area contributed by atoms with E-state index in [-0.39, 0.29) is 0 Å². The molecular weight excluding hydrogens is 200 g/mol. The van der Waals surface area contributed by atoms with Crippen LogP contribution in [0.3, 0.4) is 0 Å². The first-order chi connectivity index (χ1) is 7.90. The van der Waals surface area contributed by atoms with Crippen LogP contribution in [0, 0.1) is 0 Å². The molecule has 0 fully saturated rings. The van der Waals surface area contributed by atoms with E-state index in [1.165, 1.54) is 5.56 Å². The van der Waals surface area contributed by atoms with Crippen molar-refractivity contribution < 1.29 is 9.30 Å². The Bertz CT molecular complexity index is 443. The van der Waals surface area contributed by atoms with Gasteiger partial charge in [-0.2, -0.15) is 4.57 Å². The molecule has 1 aromatic heterocycles. The molecule has 16 heavy (non-hydrogen) atoms. The van der Waals surface area contributed by atoms with Gasteiger partial charge in [0.25, 0.3) is 0 Å². The molecule has 1 aromatic carbocycles. The topological polar surface area (TPSA) is 26.0 Å². The maximum Gasteiger partial charge on any atom is 0.387 e. The van der Waals surface area contributed by atoms with Crippen molar-refractivity contribution in [2.75, 3.05) is 6.61 Å². The summed E-state index contributed by atoms with van der Waals surface area (Å²) in [4.78, 5) is 4.06. The van der Waals surface area contributed by atoms with E-state index in [0.29, 0.717) is 6.61 Å². The third-order valence-electron chi connectivity index (χ3n) is 2.29. The summed E-state index contributed by atoms with van der Waals surface area (Å²) in [7, 11) is 0. The number of hydrogen-bond donors (Lipinski definition) is 0. The summed E-state index contributed by atoms with van der Waals surface area (Å²) in [6.07, 6.45) is 5.44. The predicted molar refractivity (Wildman–Crippen MR) is 61.1 cm³/mol. The molecule has 0 N–H and O–H groups in total. The third kappa shape index (κ3) is 2.57. The second-order valence-electron chi connectivity index (χ2n) is 3.46. The van der Waals surface area contributed by atoms with Crippen molar-refractivity contribution in [1.82, 2.24) is 4.98 Å². The summed E-state index contributed by atoms with van der Waals surface area (Å²) < 4.78 is 7.56. The van der Waals surface area contributed by atoms with E-state index in [2.05, 4.69) is 17.1 Å². The highest BCUT2D eigenvalue weighted by atomic mass is 16.5. The SMILES string of the molecule is CCOc1cncc[n+]1Cc1ccccc1. The van der Waals surface area contributed by atoms with Crippen molar-refractivity contribution in [2.24, 2.45) is 0 Å². The Hall–Kier alpha value is -1.90. The van der Waals surface area contributed by atoms with Gasteiger partial charge in [-0.05, 0) is 6.92 Å². The Morgan fingerprint density at radius 2 is 2.06 bits per heavy atom. The van der Waals surface area contributed by atoms with E-state index in [0.717, 1.165) is 12.4 Å². The summed E-state index contributed by atoms with van der Waals surface area (Å²) in [5.41, 5.74) is 1.25. The zero-order valence-electron chi connectivity index (χ0n) is 9.34. The van der Waals surface area contributed by atoms with Crippen molar-refractivity contribution >= 4 is 0 Å². The van der Waals surface area contributed by atoms with Gasteiger partial charge in [-0.15, -0.1) is 0 Å². The first kappa shape index (κ1) is 10.6. The average Bonchev–Trinajstić information content (AvgIpc) is 2.33. The Balaban J connectivity index is 2.21. The molecule has 0 amide bonds. The Kier molecular flexibility index (Phi) is 3.49. The van der Waals surface area contributed by atoms with Gasteiger partial charge >= 0.3 is 5.88 Å². The molecule has 0 unspecified atom stereocenters. The normalized spacial score (nSPS) is 10.1. The van der Waals surface area contributed by atoms with E-state index in [1.807, 2.05) is 35.9 Å². The lowest BCUT2D eigenvalue weighted by Crippen LogP contribution is -2.36. The van der Waals surface area contributed by atoms with Gasteiger partial charge in [-0.1, -0.05) is 30.3 Å². The van der Waals surface area contributed by atoms with Crippen LogP contribution in [0.15, 0.2) is 48.9 Å². The van der Waals surface area contributed by atoms with Crippen LogP contribution in [0.2, 0.25) is 0 Å². The largest absolute Gasteiger partial charge is 0.444 e. The number of hydrogen-bond acceptors (Lipinski definition) is 2. The monoisotopic (exact) mass is 215 g/mol. The highest BCUT2D eigenvalue weighted by molar-refractivity contribution is 5.13. The molecule has 0 aliphatic heterocycles. The molecule has 1 heterocycles. The van der Waals surface area contributed by atoms with E-state index in [1.54, 1.807) is 12.4 Å². The number of aromatic nitrogens is 2. The molecule has 82 valence electrons. The third-order valence-corrected chi connectivity index (χ3v) is 2.29. The highest BCUT2D eigenvalue weighted by Gasteiger charge is 2.11. The molecule has 0 radical (unpaired) electrons. The number of rotatable bonds is 4. The first-order valence-corrected chi connectivity index (χ1v) is 5.40. The van der Waals surface area contributed by atoms with Gasteiger partial charge in [0.05, 0.1) is 12.8 Å². The molecule has 3 heteroatoms. The van der Waals surface area contributed by atoms with Gasteiger partial charge in [0.1, 0.15) is 6.20 Å². The quantitative estimate of drug-likeness (QED) is 0.727. The Labute approximate surface area is 95.3 Å². The second kappa shape index (κ2) is 5.26. The zero-order chi connectivity index (χ0) is 11.2. The van der Waals surface area contributed by atoms with Gasteiger partial charge in [0, 0.05) is 5.56 Å². The van der Waals surface area contributed by atoms with Crippen molar-refractivity contribution in [3.05, 3.63) is 54.5 Å². The summed E-state index contributed by atoms with van der Waals surface area (Å²) in [6.45, 7) is 3.43. The Morgan fingerprint density at radius 3 is 2.81 bits per heavy atom. The van der Waals surface area contributed by atoms with Crippen LogP contribution in [-0.2, 0) is 6.54 Å². The standard InChI is InChI=1S/C13H15N2O/c1-2-16-13-10-14-8-9-15(13)11-12-6-4-3-5-7-12/h3-10H,2,11H2,1H3/q+1. The van der Waals surface area contributed by atoms with Gasteiger partial charge in [0.15, 0.2) is 12.7 Å². The van der Waals surface area contributed by atoms with Crippen LogP contribution in [0.1, 0.15) is 12.5 Å². The molecule has 0 aliphatic rings. The zero-order valence-corrected chi connectivity index (χ0v) is 9.34. The predicted octanol–water partition coefficient (Wildman–Crippen LogP) is 1.82. The van der Waals surface area contributed by atoms with Crippen molar-refractivity contribution in [3.8, 4) is 5.88 Å². The number of benzene rings is 1. The minimum atomic E-state index is 0.653. The average molecular weight is 215 g/mol. The molecule has 2 aromatic rings. The highest BCUT2D eigenvalue weighted by Crippen LogP contribution is 2.03. The molecule has 0 saturated heterocycles. The van der Waals surface area contributed by atoms with Crippen LogP contribution in [-0.4, -0.2) is 11.6 Å². The smallest absolute Gasteiger partial charge is 0.387 e. The summed E-state index contributed by atoms with van der Waals surface area (Å²) >= 11 is 0.